The molecule has 0 radical (unpaired) electrons. The van der Waals surface area contributed by atoms with Crippen LogP contribution in [-0.4, -0.2) is 9.13 Å². The third-order valence-corrected chi connectivity index (χ3v) is 13.9. The number of para-hydroxylation sites is 6. The summed E-state index contributed by atoms with van der Waals surface area (Å²) in [5, 5.41) is 5.05. The van der Waals surface area contributed by atoms with Crippen molar-refractivity contribution in [3.05, 3.63) is 235 Å². The van der Waals surface area contributed by atoms with Crippen molar-refractivity contribution in [3.8, 4) is 11.4 Å². The number of benzene rings is 9. The summed E-state index contributed by atoms with van der Waals surface area (Å²) in [6, 6.07) is 78.4. The zero-order valence-electron chi connectivity index (χ0n) is 32.0. The number of anilines is 3. The topological polar surface area (TPSA) is 13.1 Å². The lowest BCUT2D eigenvalue weighted by Gasteiger charge is -2.49. The number of fused-ring (bicyclic) bond motifs is 15. The molecule has 276 valence electrons. The van der Waals surface area contributed by atoms with Crippen LogP contribution in [0, 0.1) is 0 Å². The normalized spacial score (nSPS) is 13.8. The average molecular weight is 770 g/mol. The predicted octanol–water partition coefficient (Wildman–Crippen LogP) is 14.5. The first-order valence-electron chi connectivity index (χ1n) is 20.3. The van der Waals surface area contributed by atoms with Gasteiger partial charge in [0.1, 0.15) is 0 Å². The second-order valence-corrected chi connectivity index (χ2v) is 16.7. The average Bonchev–Trinajstić information content (AvgIpc) is 3.82. The molecule has 0 N–H and O–H groups in total. The first-order valence-corrected chi connectivity index (χ1v) is 21.1. The number of hydrogen-bond acceptors (Lipinski definition) is 2. The summed E-state index contributed by atoms with van der Waals surface area (Å²) < 4.78 is 4.88. The molecule has 13 rings (SSSR count). The lowest BCUT2D eigenvalue weighted by atomic mass is 9.62. The monoisotopic (exact) mass is 769 g/mol. The number of aromatic nitrogens is 2. The van der Waals surface area contributed by atoms with Crippen LogP contribution in [0.1, 0.15) is 22.3 Å². The largest absolute Gasteiger partial charge is 0.310 e. The number of hydrogen-bond donors (Lipinski definition) is 0. The second kappa shape index (κ2) is 12.4. The minimum Gasteiger partial charge on any atom is -0.310 e. The van der Waals surface area contributed by atoms with Crippen molar-refractivity contribution in [1.82, 2.24) is 9.13 Å². The summed E-state index contributed by atoms with van der Waals surface area (Å²) in [5.41, 5.74) is 15.4. The van der Waals surface area contributed by atoms with Crippen LogP contribution in [0.4, 0.5) is 17.1 Å². The Hall–Kier alpha value is -7.27. The van der Waals surface area contributed by atoms with Crippen LogP contribution in [0.3, 0.4) is 0 Å². The van der Waals surface area contributed by atoms with Gasteiger partial charge in [0.2, 0.25) is 0 Å². The van der Waals surface area contributed by atoms with Crippen molar-refractivity contribution < 1.29 is 0 Å². The van der Waals surface area contributed by atoms with E-state index in [1.807, 2.05) is 11.8 Å². The first-order chi connectivity index (χ1) is 29.3. The maximum Gasteiger partial charge on any atom is 0.0764 e. The minimum atomic E-state index is -0.550. The van der Waals surface area contributed by atoms with Crippen molar-refractivity contribution in [2.24, 2.45) is 0 Å². The minimum absolute atomic E-state index is 0.550. The Balaban J connectivity index is 1.11. The van der Waals surface area contributed by atoms with Gasteiger partial charge in [-0.1, -0.05) is 145 Å². The van der Waals surface area contributed by atoms with Crippen molar-refractivity contribution >= 4 is 72.4 Å². The molecular formula is C55H35N3S. The number of rotatable bonds is 3. The molecule has 3 nitrogen and oxygen atoms in total. The SMILES string of the molecule is c1ccc(N2c3ccccc3C3(c4ccccc4Sc4c3ccc3c4c4ccccc4n3-c3ccc4c(c3)c3ccccc3n4-c3ccccc3)c3ccccc32)cc1. The fourth-order valence-corrected chi connectivity index (χ4v) is 11.8. The molecule has 4 heterocycles. The molecule has 0 bridgehead atoms. The highest BCUT2D eigenvalue weighted by Crippen LogP contribution is 2.64. The fourth-order valence-electron chi connectivity index (χ4n) is 10.5. The molecule has 0 unspecified atom stereocenters. The molecule has 9 aromatic carbocycles. The molecule has 0 atom stereocenters. The maximum atomic E-state index is 2.49. The lowest BCUT2D eigenvalue weighted by Crippen LogP contribution is -2.39. The Labute approximate surface area is 346 Å². The van der Waals surface area contributed by atoms with Crippen LogP contribution >= 0.6 is 11.8 Å². The summed E-state index contributed by atoms with van der Waals surface area (Å²) in [5.74, 6) is 0. The molecule has 1 spiro atoms. The molecule has 0 saturated heterocycles. The summed E-state index contributed by atoms with van der Waals surface area (Å²) in [4.78, 5) is 5.06. The molecule has 0 amide bonds. The first kappa shape index (κ1) is 32.8. The summed E-state index contributed by atoms with van der Waals surface area (Å²) in [6.45, 7) is 0. The molecule has 2 aliphatic rings. The molecule has 2 aromatic heterocycles. The Bertz CT molecular complexity index is 3440. The van der Waals surface area contributed by atoms with Gasteiger partial charge in [-0.15, -0.1) is 0 Å². The fraction of sp³-hybridized carbons (Fsp3) is 0.0182. The Morgan fingerprint density at radius 3 is 1.59 bits per heavy atom. The van der Waals surface area contributed by atoms with Crippen LogP contribution in [-0.2, 0) is 5.41 Å². The summed E-state index contributed by atoms with van der Waals surface area (Å²) in [6.07, 6.45) is 0. The van der Waals surface area contributed by atoms with Gasteiger partial charge >= 0.3 is 0 Å². The van der Waals surface area contributed by atoms with Crippen LogP contribution in [0.15, 0.2) is 222 Å². The molecule has 11 aromatic rings. The van der Waals surface area contributed by atoms with Crippen molar-refractivity contribution in [2.75, 3.05) is 4.90 Å². The van der Waals surface area contributed by atoms with Gasteiger partial charge in [-0.25, -0.2) is 0 Å². The predicted molar refractivity (Wildman–Crippen MR) is 246 cm³/mol. The Morgan fingerprint density at radius 2 is 0.864 bits per heavy atom. The Kier molecular flexibility index (Phi) is 6.87. The third-order valence-electron chi connectivity index (χ3n) is 12.7. The van der Waals surface area contributed by atoms with E-state index in [0.29, 0.717) is 0 Å². The van der Waals surface area contributed by atoms with Gasteiger partial charge in [0.25, 0.3) is 0 Å². The van der Waals surface area contributed by atoms with E-state index in [0.717, 1.165) is 11.4 Å². The number of nitrogens with zero attached hydrogens (tertiary/aromatic N) is 3. The zero-order chi connectivity index (χ0) is 38.7. The molecule has 59 heavy (non-hydrogen) atoms. The molecule has 0 fully saturated rings. The summed E-state index contributed by atoms with van der Waals surface area (Å²) >= 11 is 1.92. The van der Waals surface area contributed by atoms with Crippen LogP contribution in [0.2, 0.25) is 0 Å². The van der Waals surface area contributed by atoms with Gasteiger partial charge in [0.05, 0.1) is 38.9 Å². The second-order valence-electron chi connectivity index (χ2n) is 15.6. The van der Waals surface area contributed by atoms with Crippen molar-refractivity contribution in [1.29, 1.82) is 0 Å². The van der Waals surface area contributed by atoms with E-state index in [9.17, 15) is 0 Å². The van der Waals surface area contributed by atoms with Crippen LogP contribution in [0.25, 0.3) is 55.0 Å². The standard InChI is InChI=1S/C55H35N3S/c1-3-17-36(18-4-1)56-46-26-12-7-21-39(46)41-35-38(31-33-48(41)56)58-47-27-13-8-22-40(47)53-51(58)34-32-45-54(53)59-52-30-16-11-25-44(52)55(45)42-23-9-14-28-49(42)57(37-19-5-2-6-20-37)50-29-15-10-24-43(50)55/h1-35H. The molecule has 4 heteroatoms. The van der Waals surface area contributed by atoms with Gasteiger partial charge in [-0.3, -0.25) is 0 Å². The quantitative estimate of drug-likeness (QED) is 0.178. The highest BCUT2D eigenvalue weighted by molar-refractivity contribution is 7.99. The van der Waals surface area contributed by atoms with E-state index in [1.54, 1.807) is 0 Å². The van der Waals surface area contributed by atoms with E-state index in [-0.39, 0.29) is 0 Å². The van der Waals surface area contributed by atoms with Gasteiger partial charge in [-0.05, 0) is 101 Å². The van der Waals surface area contributed by atoms with Gasteiger partial charge in [0, 0.05) is 48.4 Å². The Morgan fingerprint density at radius 1 is 0.339 bits per heavy atom. The van der Waals surface area contributed by atoms with Crippen LogP contribution < -0.4 is 4.90 Å². The van der Waals surface area contributed by atoms with Gasteiger partial charge < -0.3 is 14.0 Å². The highest BCUT2D eigenvalue weighted by atomic mass is 32.2. The highest BCUT2D eigenvalue weighted by Gasteiger charge is 2.50. The molecule has 0 saturated carbocycles. The molecular weight excluding hydrogens is 735 g/mol. The van der Waals surface area contributed by atoms with E-state index in [2.05, 4.69) is 226 Å². The van der Waals surface area contributed by atoms with Crippen LogP contribution in [0.5, 0.6) is 0 Å². The van der Waals surface area contributed by atoms with Gasteiger partial charge in [0.15, 0.2) is 0 Å². The molecule has 0 aliphatic carbocycles. The van der Waals surface area contributed by atoms with Crippen molar-refractivity contribution in [3.63, 3.8) is 0 Å². The third kappa shape index (κ3) is 4.39. The summed E-state index contributed by atoms with van der Waals surface area (Å²) in [7, 11) is 0. The smallest absolute Gasteiger partial charge is 0.0764 e. The van der Waals surface area contributed by atoms with E-state index < -0.39 is 5.41 Å². The van der Waals surface area contributed by atoms with E-state index in [1.165, 1.54) is 92.7 Å². The van der Waals surface area contributed by atoms with E-state index >= 15 is 0 Å². The molecule has 2 aliphatic heterocycles. The van der Waals surface area contributed by atoms with Crippen molar-refractivity contribution in [2.45, 2.75) is 15.2 Å². The van der Waals surface area contributed by atoms with E-state index in [4.69, 9.17) is 0 Å². The lowest BCUT2D eigenvalue weighted by molar-refractivity contribution is 0.695. The zero-order valence-corrected chi connectivity index (χ0v) is 32.8. The van der Waals surface area contributed by atoms with Gasteiger partial charge in [-0.2, -0.15) is 0 Å². The maximum absolute atomic E-state index is 2.49.